The van der Waals surface area contributed by atoms with Crippen molar-refractivity contribution in [3.05, 3.63) is 0 Å². The molecule has 1 aliphatic rings. The minimum absolute atomic E-state index is 0.403. The third-order valence-corrected chi connectivity index (χ3v) is 3.51. The van der Waals surface area contributed by atoms with Gasteiger partial charge in [-0.25, -0.2) is 5.84 Å². The van der Waals surface area contributed by atoms with Crippen LogP contribution in [0.15, 0.2) is 0 Å². The lowest BCUT2D eigenvalue weighted by Gasteiger charge is -2.32. The van der Waals surface area contributed by atoms with Gasteiger partial charge in [-0.1, -0.05) is 6.42 Å². The van der Waals surface area contributed by atoms with Crippen molar-refractivity contribution in [2.24, 2.45) is 11.8 Å². The zero-order valence-corrected chi connectivity index (χ0v) is 11.9. The van der Waals surface area contributed by atoms with Crippen LogP contribution < -0.4 is 21.1 Å². The molecule has 1 aromatic heterocycles. The van der Waals surface area contributed by atoms with Crippen LogP contribution in [-0.4, -0.2) is 42.1 Å². The Balaban J connectivity index is 2.21. The summed E-state index contributed by atoms with van der Waals surface area (Å²) in [7, 11) is 3.81. The summed E-state index contributed by atoms with van der Waals surface area (Å²) >= 11 is 0. The van der Waals surface area contributed by atoms with Crippen molar-refractivity contribution in [1.29, 1.82) is 0 Å². The van der Waals surface area contributed by atoms with Gasteiger partial charge in [0.15, 0.2) is 0 Å². The summed E-state index contributed by atoms with van der Waals surface area (Å²) in [5.41, 5.74) is 2.51. The van der Waals surface area contributed by atoms with Gasteiger partial charge in [-0.05, 0) is 25.7 Å². The molecule has 0 saturated heterocycles. The number of anilines is 3. The normalized spacial score (nSPS) is 14.9. The summed E-state index contributed by atoms with van der Waals surface area (Å²) in [5, 5.41) is 0. The van der Waals surface area contributed by atoms with Gasteiger partial charge in [-0.15, -0.1) is 0 Å². The quantitative estimate of drug-likeness (QED) is 0.582. The SMILES string of the molecule is CCN(CC1CCC1)c1nc(NN)nc(N(C)C)n1. The van der Waals surface area contributed by atoms with Gasteiger partial charge in [0, 0.05) is 27.2 Å². The number of nitrogens with one attached hydrogen (secondary N) is 1. The number of nitrogens with zero attached hydrogens (tertiary/aromatic N) is 5. The van der Waals surface area contributed by atoms with Crippen molar-refractivity contribution < 1.29 is 0 Å². The predicted molar refractivity (Wildman–Crippen MR) is 77.2 cm³/mol. The van der Waals surface area contributed by atoms with Gasteiger partial charge in [-0.3, -0.25) is 5.43 Å². The second kappa shape index (κ2) is 6.01. The molecule has 106 valence electrons. The van der Waals surface area contributed by atoms with Crippen LogP contribution in [0.2, 0.25) is 0 Å². The Bertz CT molecular complexity index is 417. The first-order valence-electron chi connectivity index (χ1n) is 6.79. The van der Waals surface area contributed by atoms with Gasteiger partial charge in [0.25, 0.3) is 0 Å². The molecule has 1 aliphatic carbocycles. The summed E-state index contributed by atoms with van der Waals surface area (Å²) in [4.78, 5) is 17.1. The van der Waals surface area contributed by atoms with Gasteiger partial charge in [0.05, 0.1) is 0 Å². The fourth-order valence-electron chi connectivity index (χ4n) is 2.10. The summed E-state index contributed by atoms with van der Waals surface area (Å²) in [6.45, 7) is 4.02. The van der Waals surface area contributed by atoms with Crippen LogP contribution in [-0.2, 0) is 0 Å². The highest BCUT2D eigenvalue weighted by Crippen LogP contribution is 2.28. The van der Waals surface area contributed by atoms with Gasteiger partial charge in [0.2, 0.25) is 17.8 Å². The topological polar surface area (TPSA) is 83.2 Å². The maximum atomic E-state index is 5.43. The summed E-state index contributed by atoms with van der Waals surface area (Å²) in [5.74, 6) is 7.91. The van der Waals surface area contributed by atoms with Crippen LogP contribution in [0, 0.1) is 5.92 Å². The highest BCUT2D eigenvalue weighted by molar-refractivity contribution is 5.44. The first kappa shape index (κ1) is 13.8. The molecule has 19 heavy (non-hydrogen) atoms. The molecule has 1 fully saturated rings. The molecule has 0 radical (unpaired) electrons. The third kappa shape index (κ3) is 3.23. The molecule has 0 amide bonds. The van der Waals surface area contributed by atoms with E-state index in [0.29, 0.717) is 17.8 Å². The zero-order valence-electron chi connectivity index (χ0n) is 11.9. The Kier molecular flexibility index (Phi) is 4.36. The summed E-state index contributed by atoms with van der Waals surface area (Å²) in [6, 6.07) is 0. The molecular weight excluding hydrogens is 242 g/mol. The maximum absolute atomic E-state index is 5.43. The van der Waals surface area contributed by atoms with E-state index < -0.39 is 0 Å². The number of nitrogens with two attached hydrogens (primary N) is 1. The van der Waals surface area contributed by atoms with E-state index in [4.69, 9.17) is 5.84 Å². The predicted octanol–water partition coefficient (Wildman–Crippen LogP) is 0.850. The number of hydrogen-bond acceptors (Lipinski definition) is 7. The number of rotatable bonds is 6. The van der Waals surface area contributed by atoms with Gasteiger partial charge < -0.3 is 9.80 Å². The number of hydrazine groups is 1. The van der Waals surface area contributed by atoms with Crippen molar-refractivity contribution >= 4 is 17.8 Å². The molecule has 0 aromatic carbocycles. The van der Waals surface area contributed by atoms with E-state index in [9.17, 15) is 0 Å². The molecule has 0 atom stereocenters. The Morgan fingerprint density at radius 1 is 1.21 bits per heavy atom. The number of hydrogen-bond donors (Lipinski definition) is 2. The van der Waals surface area contributed by atoms with Crippen LogP contribution in [0.1, 0.15) is 26.2 Å². The van der Waals surface area contributed by atoms with Crippen LogP contribution >= 0.6 is 0 Å². The molecule has 1 heterocycles. The lowest BCUT2D eigenvalue weighted by atomic mass is 9.85. The molecule has 1 aromatic rings. The smallest absolute Gasteiger partial charge is 0.243 e. The Labute approximate surface area is 114 Å². The largest absolute Gasteiger partial charge is 0.347 e. The van der Waals surface area contributed by atoms with Gasteiger partial charge in [0.1, 0.15) is 0 Å². The van der Waals surface area contributed by atoms with Crippen molar-refractivity contribution in [2.45, 2.75) is 26.2 Å². The summed E-state index contributed by atoms with van der Waals surface area (Å²) in [6.07, 6.45) is 3.96. The maximum Gasteiger partial charge on any atom is 0.243 e. The van der Waals surface area contributed by atoms with Crippen molar-refractivity contribution in [1.82, 2.24) is 15.0 Å². The van der Waals surface area contributed by atoms with Crippen molar-refractivity contribution in [2.75, 3.05) is 42.4 Å². The van der Waals surface area contributed by atoms with E-state index in [2.05, 4.69) is 32.2 Å². The average Bonchev–Trinajstić information content (AvgIpc) is 2.37. The molecule has 3 N–H and O–H groups in total. The Hall–Kier alpha value is -1.63. The van der Waals surface area contributed by atoms with E-state index in [1.807, 2.05) is 19.0 Å². The molecule has 1 saturated carbocycles. The molecular formula is C12H23N7. The molecule has 0 bridgehead atoms. The molecule has 0 spiro atoms. The van der Waals surface area contributed by atoms with Crippen LogP contribution in [0.3, 0.4) is 0 Å². The molecule has 7 nitrogen and oxygen atoms in total. The highest BCUT2D eigenvalue weighted by Gasteiger charge is 2.22. The van der Waals surface area contributed by atoms with Gasteiger partial charge in [-0.2, -0.15) is 15.0 Å². The van der Waals surface area contributed by atoms with E-state index in [0.717, 1.165) is 19.0 Å². The fraction of sp³-hybridized carbons (Fsp3) is 0.750. The van der Waals surface area contributed by atoms with E-state index in [1.165, 1.54) is 19.3 Å². The first-order chi connectivity index (χ1) is 9.13. The molecule has 2 rings (SSSR count). The number of nitrogen functional groups attached to an aromatic ring is 1. The fourth-order valence-corrected chi connectivity index (χ4v) is 2.10. The van der Waals surface area contributed by atoms with Crippen LogP contribution in [0.25, 0.3) is 0 Å². The highest BCUT2D eigenvalue weighted by atomic mass is 15.4. The second-order valence-corrected chi connectivity index (χ2v) is 5.13. The van der Waals surface area contributed by atoms with Crippen LogP contribution in [0.5, 0.6) is 0 Å². The minimum atomic E-state index is 0.403. The van der Waals surface area contributed by atoms with E-state index >= 15 is 0 Å². The molecule has 0 unspecified atom stereocenters. The minimum Gasteiger partial charge on any atom is -0.347 e. The van der Waals surface area contributed by atoms with E-state index in [-0.39, 0.29) is 0 Å². The van der Waals surface area contributed by atoms with Crippen molar-refractivity contribution in [3.8, 4) is 0 Å². The monoisotopic (exact) mass is 265 g/mol. The third-order valence-electron chi connectivity index (χ3n) is 3.51. The lowest BCUT2D eigenvalue weighted by Crippen LogP contribution is -2.34. The summed E-state index contributed by atoms with van der Waals surface area (Å²) < 4.78 is 0. The Morgan fingerprint density at radius 3 is 2.37 bits per heavy atom. The molecule has 0 aliphatic heterocycles. The average molecular weight is 265 g/mol. The number of aromatic nitrogens is 3. The first-order valence-corrected chi connectivity index (χ1v) is 6.79. The van der Waals surface area contributed by atoms with Crippen LogP contribution in [0.4, 0.5) is 17.8 Å². The zero-order chi connectivity index (χ0) is 13.8. The second-order valence-electron chi connectivity index (χ2n) is 5.13. The lowest BCUT2D eigenvalue weighted by molar-refractivity contribution is 0.317. The standard InChI is InChI=1S/C12H23N7/c1-4-19(8-9-6-5-7-9)12-15-10(17-13)14-11(16-12)18(2)3/h9H,4-8,13H2,1-3H3,(H,14,15,16,17). The Morgan fingerprint density at radius 2 is 1.89 bits per heavy atom. The molecule has 7 heteroatoms. The van der Waals surface area contributed by atoms with Gasteiger partial charge >= 0.3 is 0 Å². The van der Waals surface area contributed by atoms with Crippen molar-refractivity contribution in [3.63, 3.8) is 0 Å². The van der Waals surface area contributed by atoms with E-state index in [1.54, 1.807) is 0 Å².